The van der Waals surface area contributed by atoms with Crippen molar-refractivity contribution in [3.05, 3.63) is 59.1 Å². The van der Waals surface area contributed by atoms with Gasteiger partial charge >= 0.3 is 0 Å². The highest BCUT2D eigenvalue weighted by Crippen LogP contribution is 2.34. The van der Waals surface area contributed by atoms with Gasteiger partial charge < -0.3 is 14.5 Å². The van der Waals surface area contributed by atoms with E-state index in [0.29, 0.717) is 11.8 Å². The predicted octanol–water partition coefficient (Wildman–Crippen LogP) is 5.69. The van der Waals surface area contributed by atoms with E-state index < -0.39 is 0 Å². The summed E-state index contributed by atoms with van der Waals surface area (Å²) in [6.07, 6.45) is 3.71. The van der Waals surface area contributed by atoms with Crippen molar-refractivity contribution in [1.82, 2.24) is 4.90 Å². The van der Waals surface area contributed by atoms with Gasteiger partial charge in [-0.2, -0.15) is 0 Å². The van der Waals surface area contributed by atoms with Crippen molar-refractivity contribution >= 4 is 17.3 Å². The lowest BCUT2D eigenvalue weighted by Crippen LogP contribution is -2.42. The number of ether oxygens (including phenoxy) is 1. The Balaban J connectivity index is 1.71. The highest BCUT2D eigenvalue weighted by Gasteiger charge is 2.30. The molecule has 0 aromatic heterocycles. The molecule has 152 valence electrons. The van der Waals surface area contributed by atoms with Crippen molar-refractivity contribution in [3.63, 3.8) is 0 Å². The number of nitrogens with zero attached hydrogens (tertiary/aromatic N) is 2. The summed E-state index contributed by atoms with van der Waals surface area (Å²) in [6, 6.07) is 16.8. The van der Waals surface area contributed by atoms with Crippen molar-refractivity contribution < 1.29 is 4.74 Å². The first-order valence-electron chi connectivity index (χ1n) is 10.4. The minimum absolute atomic E-state index is 0.492. The van der Waals surface area contributed by atoms with E-state index in [1.807, 2.05) is 24.3 Å². The number of likely N-dealkylation sites (tertiary alicyclic amines) is 1. The highest BCUT2D eigenvalue weighted by molar-refractivity contribution is 6.30. The Morgan fingerprint density at radius 1 is 1.07 bits per heavy atom. The number of anilines is 1. The molecule has 0 N–H and O–H groups in total. The number of hydrogen-bond acceptors (Lipinski definition) is 3. The topological polar surface area (TPSA) is 15.7 Å². The third kappa shape index (κ3) is 5.65. The van der Waals surface area contributed by atoms with Crippen molar-refractivity contribution in [2.24, 2.45) is 5.92 Å². The number of unbranched alkanes of at least 4 members (excludes halogenated alkanes) is 1. The maximum atomic E-state index is 6.17. The molecule has 1 aliphatic heterocycles. The molecule has 0 radical (unpaired) electrons. The minimum Gasteiger partial charge on any atom is -0.493 e. The largest absolute Gasteiger partial charge is 0.493 e. The van der Waals surface area contributed by atoms with E-state index in [-0.39, 0.29) is 0 Å². The third-order valence-electron chi connectivity index (χ3n) is 5.76. The quantitative estimate of drug-likeness (QED) is 0.566. The summed E-state index contributed by atoms with van der Waals surface area (Å²) in [5.41, 5.74) is 2.68. The summed E-state index contributed by atoms with van der Waals surface area (Å²) >= 11 is 6.00. The first kappa shape index (κ1) is 21.0. The van der Waals surface area contributed by atoms with Gasteiger partial charge in [0.05, 0.1) is 6.61 Å². The molecular formula is C24H33ClN2O. The van der Waals surface area contributed by atoms with Crippen LogP contribution in [0.2, 0.25) is 5.02 Å². The summed E-state index contributed by atoms with van der Waals surface area (Å²) in [6.45, 7) is 6.48. The van der Waals surface area contributed by atoms with Gasteiger partial charge in [0.15, 0.2) is 0 Å². The minimum atomic E-state index is 0.492. The van der Waals surface area contributed by atoms with Gasteiger partial charge in [0.2, 0.25) is 0 Å². The van der Waals surface area contributed by atoms with Gasteiger partial charge in [-0.05, 0) is 73.8 Å². The molecule has 2 unspecified atom stereocenters. The second kappa shape index (κ2) is 10.2. The van der Waals surface area contributed by atoms with Crippen LogP contribution in [0.1, 0.15) is 37.7 Å². The SMILES string of the molecule is CCCCN1CCC(c2ccc(N(C)C)cc2)C(COc2ccc(Cl)cc2)C1. The molecule has 1 aliphatic rings. The molecule has 2 aromatic carbocycles. The van der Waals surface area contributed by atoms with Gasteiger partial charge in [0.1, 0.15) is 5.75 Å². The zero-order valence-electron chi connectivity index (χ0n) is 17.4. The van der Waals surface area contributed by atoms with E-state index >= 15 is 0 Å². The van der Waals surface area contributed by atoms with E-state index in [9.17, 15) is 0 Å². The second-order valence-corrected chi connectivity index (χ2v) is 8.50. The Labute approximate surface area is 175 Å². The molecule has 3 nitrogen and oxygen atoms in total. The van der Waals surface area contributed by atoms with Crippen molar-refractivity contribution in [2.45, 2.75) is 32.1 Å². The van der Waals surface area contributed by atoms with Crippen LogP contribution < -0.4 is 9.64 Å². The van der Waals surface area contributed by atoms with Crippen LogP contribution in [-0.4, -0.2) is 45.2 Å². The smallest absolute Gasteiger partial charge is 0.119 e. The molecule has 0 spiro atoms. The van der Waals surface area contributed by atoms with Crippen LogP contribution >= 0.6 is 11.6 Å². The molecule has 0 bridgehead atoms. The van der Waals surface area contributed by atoms with Crippen LogP contribution in [0.3, 0.4) is 0 Å². The van der Waals surface area contributed by atoms with Crippen LogP contribution in [0.4, 0.5) is 5.69 Å². The molecule has 2 aromatic rings. The van der Waals surface area contributed by atoms with Gasteiger partial charge in [-0.1, -0.05) is 37.1 Å². The Bertz CT molecular complexity index is 714. The first-order valence-corrected chi connectivity index (χ1v) is 10.8. The maximum Gasteiger partial charge on any atom is 0.119 e. The summed E-state index contributed by atoms with van der Waals surface area (Å²) in [5, 5.41) is 0.745. The zero-order chi connectivity index (χ0) is 19.9. The average molecular weight is 401 g/mol. The van der Waals surface area contributed by atoms with E-state index in [4.69, 9.17) is 16.3 Å². The normalized spacial score (nSPS) is 20.1. The number of piperidine rings is 1. The molecule has 3 rings (SSSR count). The number of halogens is 1. The van der Waals surface area contributed by atoms with Gasteiger partial charge in [-0.3, -0.25) is 0 Å². The predicted molar refractivity (Wildman–Crippen MR) is 120 cm³/mol. The van der Waals surface area contributed by atoms with Crippen molar-refractivity contribution in [3.8, 4) is 5.75 Å². The highest BCUT2D eigenvalue weighted by atomic mass is 35.5. The molecule has 0 amide bonds. The molecule has 0 aliphatic carbocycles. The molecule has 2 atom stereocenters. The average Bonchev–Trinajstić information content (AvgIpc) is 2.72. The van der Waals surface area contributed by atoms with Crippen molar-refractivity contribution in [2.75, 3.05) is 45.2 Å². The van der Waals surface area contributed by atoms with Crippen LogP contribution in [0, 0.1) is 5.92 Å². The van der Waals surface area contributed by atoms with E-state index in [1.54, 1.807) is 0 Å². The Morgan fingerprint density at radius 2 is 1.79 bits per heavy atom. The van der Waals surface area contributed by atoms with Gasteiger partial charge in [0.25, 0.3) is 0 Å². The van der Waals surface area contributed by atoms with E-state index in [2.05, 4.69) is 55.1 Å². The summed E-state index contributed by atoms with van der Waals surface area (Å²) in [4.78, 5) is 4.77. The Morgan fingerprint density at radius 3 is 2.43 bits per heavy atom. The van der Waals surface area contributed by atoms with Crippen LogP contribution in [-0.2, 0) is 0 Å². The molecular weight excluding hydrogens is 368 g/mol. The number of hydrogen-bond donors (Lipinski definition) is 0. The lowest BCUT2D eigenvalue weighted by molar-refractivity contribution is 0.110. The van der Waals surface area contributed by atoms with Crippen molar-refractivity contribution in [1.29, 1.82) is 0 Å². The number of benzene rings is 2. The zero-order valence-corrected chi connectivity index (χ0v) is 18.2. The van der Waals surface area contributed by atoms with Gasteiger partial charge in [0, 0.05) is 37.3 Å². The third-order valence-corrected chi connectivity index (χ3v) is 6.01. The summed E-state index contributed by atoms with van der Waals surface area (Å²) in [7, 11) is 4.17. The van der Waals surface area contributed by atoms with Gasteiger partial charge in [-0.25, -0.2) is 0 Å². The maximum absolute atomic E-state index is 6.17. The fourth-order valence-electron chi connectivity index (χ4n) is 4.05. The molecule has 1 saturated heterocycles. The summed E-state index contributed by atoms with van der Waals surface area (Å²) < 4.78 is 6.17. The lowest BCUT2D eigenvalue weighted by atomic mass is 9.80. The van der Waals surface area contributed by atoms with Crippen LogP contribution in [0.15, 0.2) is 48.5 Å². The molecule has 1 heterocycles. The molecule has 4 heteroatoms. The fourth-order valence-corrected chi connectivity index (χ4v) is 4.18. The van der Waals surface area contributed by atoms with Gasteiger partial charge in [-0.15, -0.1) is 0 Å². The van der Waals surface area contributed by atoms with Crippen LogP contribution in [0.25, 0.3) is 0 Å². The number of rotatable bonds is 8. The molecule has 28 heavy (non-hydrogen) atoms. The first-order chi connectivity index (χ1) is 13.6. The van der Waals surface area contributed by atoms with E-state index in [0.717, 1.165) is 23.9 Å². The van der Waals surface area contributed by atoms with E-state index in [1.165, 1.54) is 43.6 Å². The standard InChI is InChI=1S/C24H33ClN2O/c1-4-5-15-27-16-14-24(19-6-10-22(11-7-19)26(2)3)20(17-27)18-28-23-12-8-21(25)9-13-23/h6-13,20,24H,4-5,14-18H2,1-3H3. The Kier molecular flexibility index (Phi) is 7.64. The molecule has 0 saturated carbocycles. The summed E-state index contributed by atoms with van der Waals surface area (Å²) in [5.74, 6) is 1.93. The lowest BCUT2D eigenvalue weighted by Gasteiger charge is -2.39. The monoisotopic (exact) mass is 400 g/mol. The Hall–Kier alpha value is -1.71. The molecule has 1 fully saturated rings. The second-order valence-electron chi connectivity index (χ2n) is 8.06. The fraction of sp³-hybridized carbons (Fsp3) is 0.500. The van der Waals surface area contributed by atoms with Crippen LogP contribution in [0.5, 0.6) is 5.75 Å².